The van der Waals surface area contributed by atoms with E-state index < -0.39 is 22.9 Å². The maximum absolute atomic E-state index is 12.5. The van der Waals surface area contributed by atoms with E-state index in [4.69, 9.17) is 27.7 Å². The van der Waals surface area contributed by atoms with Crippen LogP contribution in [0.25, 0.3) is 0 Å². The molecule has 0 atom stereocenters. The van der Waals surface area contributed by atoms with Gasteiger partial charge >= 0.3 is 6.36 Å². The van der Waals surface area contributed by atoms with Crippen molar-refractivity contribution in [2.24, 2.45) is 0 Å². The monoisotopic (exact) mass is 365 g/mol. The van der Waals surface area contributed by atoms with Crippen LogP contribution in [-0.2, 0) is 0 Å². The van der Waals surface area contributed by atoms with Crippen LogP contribution >= 0.6 is 23.2 Å². The van der Waals surface area contributed by atoms with E-state index in [2.05, 4.69) is 9.89 Å². The first kappa shape index (κ1) is 16.1. The number of halogens is 5. The number of benzene rings is 1. The van der Waals surface area contributed by atoms with Gasteiger partial charge in [0.25, 0.3) is 0 Å². The van der Waals surface area contributed by atoms with Gasteiger partial charge in [-0.2, -0.15) is 0 Å². The molecule has 1 aromatic carbocycles. The number of nitrogens with zero attached hydrogens (tertiary/aromatic N) is 1. The molecule has 3 rings (SSSR count). The number of hydrogen-bond acceptors (Lipinski definition) is 4. The minimum Gasteiger partial charge on any atom is -0.404 e. The molecular weight excluding hydrogens is 358 g/mol. The molecule has 0 unspecified atom stereocenters. The van der Waals surface area contributed by atoms with Gasteiger partial charge in [-0.05, 0) is 25.0 Å². The Balaban J connectivity index is 1.95. The van der Waals surface area contributed by atoms with Crippen LogP contribution in [0.2, 0.25) is 10.0 Å². The molecule has 0 amide bonds. The van der Waals surface area contributed by atoms with Gasteiger partial charge in [-0.3, -0.25) is 4.79 Å². The lowest BCUT2D eigenvalue weighted by atomic mass is 10.0. The molecule has 0 saturated heterocycles. The highest BCUT2D eigenvalue weighted by molar-refractivity contribution is 6.45. The minimum atomic E-state index is -4.91. The lowest BCUT2D eigenvalue weighted by Gasteiger charge is -2.12. The number of aromatic nitrogens is 1. The number of carbonyl (C=O) groups excluding carboxylic acids is 1. The molecule has 2 aromatic rings. The Bertz CT molecular complexity index is 769. The lowest BCUT2D eigenvalue weighted by molar-refractivity contribution is -0.274. The van der Waals surface area contributed by atoms with Crippen LogP contribution in [0.15, 0.2) is 22.9 Å². The molecular formula is C14H8Cl2F3NO3. The van der Waals surface area contributed by atoms with E-state index >= 15 is 0 Å². The fraction of sp³-hybridized carbons (Fsp3) is 0.286. The average Bonchev–Trinajstić information content (AvgIpc) is 3.19. The van der Waals surface area contributed by atoms with Crippen LogP contribution < -0.4 is 4.74 Å². The standard InChI is InChI=1S/C14H8Cl2F3NO3/c15-10-7(3-4-9(11(10)16)22-14(17,18)19)12(21)8-5-20-23-13(8)6-1-2-6/h3-6H,1-2H2. The summed E-state index contributed by atoms with van der Waals surface area (Å²) in [6.07, 6.45) is -1.86. The summed E-state index contributed by atoms with van der Waals surface area (Å²) in [7, 11) is 0. The minimum absolute atomic E-state index is 0.0451. The van der Waals surface area contributed by atoms with Crippen molar-refractivity contribution in [2.75, 3.05) is 0 Å². The van der Waals surface area contributed by atoms with Gasteiger partial charge in [0.15, 0.2) is 11.5 Å². The number of carbonyl (C=O) groups is 1. The summed E-state index contributed by atoms with van der Waals surface area (Å²) in [5.74, 6) is -0.594. The Morgan fingerprint density at radius 2 is 1.91 bits per heavy atom. The molecule has 0 N–H and O–H groups in total. The second kappa shape index (κ2) is 5.72. The molecule has 0 bridgehead atoms. The van der Waals surface area contributed by atoms with Crippen molar-refractivity contribution >= 4 is 29.0 Å². The van der Waals surface area contributed by atoms with Gasteiger partial charge < -0.3 is 9.26 Å². The summed E-state index contributed by atoms with van der Waals surface area (Å²) in [5.41, 5.74) is 0.186. The normalized spacial score (nSPS) is 14.8. The zero-order valence-electron chi connectivity index (χ0n) is 11.3. The first-order chi connectivity index (χ1) is 10.8. The highest BCUT2D eigenvalue weighted by Gasteiger charge is 2.35. The van der Waals surface area contributed by atoms with E-state index in [1.807, 2.05) is 0 Å². The van der Waals surface area contributed by atoms with Crippen molar-refractivity contribution in [2.45, 2.75) is 25.1 Å². The van der Waals surface area contributed by atoms with Crippen LogP contribution in [0.3, 0.4) is 0 Å². The van der Waals surface area contributed by atoms with Gasteiger partial charge in [0, 0.05) is 11.5 Å². The third-order valence-corrected chi connectivity index (χ3v) is 4.17. The molecule has 1 saturated carbocycles. The predicted octanol–water partition coefficient (Wildman–Crippen LogP) is 4.99. The molecule has 9 heteroatoms. The van der Waals surface area contributed by atoms with Crippen molar-refractivity contribution in [1.29, 1.82) is 0 Å². The van der Waals surface area contributed by atoms with Gasteiger partial charge in [0.05, 0.1) is 16.8 Å². The maximum atomic E-state index is 12.5. The molecule has 23 heavy (non-hydrogen) atoms. The average molecular weight is 366 g/mol. The van der Waals surface area contributed by atoms with Crippen molar-refractivity contribution < 1.29 is 27.2 Å². The highest BCUT2D eigenvalue weighted by Crippen LogP contribution is 2.43. The van der Waals surface area contributed by atoms with Crippen LogP contribution in [0.5, 0.6) is 5.75 Å². The van der Waals surface area contributed by atoms with E-state index in [1.165, 1.54) is 6.20 Å². The Labute approximate surface area is 138 Å². The second-order valence-corrected chi connectivity index (χ2v) is 5.75. The fourth-order valence-corrected chi connectivity index (χ4v) is 2.56. The molecule has 122 valence electrons. The van der Waals surface area contributed by atoms with E-state index in [0.29, 0.717) is 5.76 Å². The Morgan fingerprint density at radius 1 is 1.22 bits per heavy atom. The highest BCUT2D eigenvalue weighted by atomic mass is 35.5. The summed E-state index contributed by atoms with van der Waals surface area (Å²) < 4.78 is 45.6. The smallest absolute Gasteiger partial charge is 0.404 e. The molecule has 1 fully saturated rings. The van der Waals surface area contributed by atoms with Gasteiger partial charge in [-0.1, -0.05) is 28.4 Å². The molecule has 1 aromatic heterocycles. The fourth-order valence-electron chi connectivity index (χ4n) is 2.11. The van der Waals surface area contributed by atoms with Crippen LogP contribution in [-0.4, -0.2) is 17.3 Å². The molecule has 1 aliphatic rings. The summed E-state index contributed by atoms with van der Waals surface area (Å²) in [6.45, 7) is 0. The van der Waals surface area contributed by atoms with Gasteiger partial charge in [0.1, 0.15) is 10.8 Å². The number of ether oxygens (including phenoxy) is 1. The molecule has 0 spiro atoms. The zero-order valence-corrected chi connectivity index (χ0v) is 12.8. The molecule has 0 radical (unpaired) electrons. The van der Waals surface area contributed by atoms with E-state index in [0.717, 1.165) is 25.0 Å². The number of rotatable bonds is 4. The quantitative estimate of drug-likeness (QED) is 0.716. The van der Waals surface area contributed by atoms with Crippen LogP contribution in [0, 0.1) is 0 Å². The molecule has 1 aliphatic carbocycles. The van der Waals surface area contributed by atoms with Crippen LogP contribution in [0.4, 0.5) is 13.2 Å². The third-order valence-electron chi connectivity index (χ3n) is 3.31. The summed E-state index contributed by atoms with van der Waals surface area (Å²) in [5, 5.41) is 2.80. The Kier molecular flexibility index (Phi) is 4.01. The van der Waals surface area contributed by atoms with Crippen molar-refractivity contribution in [3.05, 3.63) is 45.3 Å². The third kappa shape index (κ3) is 3.30. The predicted molar refractivity (Wildman–Crippen MR) is 75.1 cm³/mol. The van der Waals surface area contributed by atoms with E-state index in [-0.39, 0.29) is 22.1 Å². The first-order valence-electron chi connectivity index (χ1n) is 6.51. The topological polar surface area (TPSA) is 52.3 Å². The summed E-state index contributed by atoms with van der Waals surface area (Å²) in [6, 6.07) is 2.07. The van der Waals surface area contributed by atoms with E-state index in [9.17, 15) is 18.0 Å². The number of hydrogen-bond donors (Lipinski definition) is 0. The zero-order chi connectivity index (χ0) is 16.8. The molecule has 1 heterocycles. The largest absolute Gasteiger partial charge is 0.573 e. The molecule has 4 nitrogen and oxygen atoms in total. The maximum Gasteiger partial charge on any atom is 0.573 e. The molecule has 0 aliphatic heterocycles. The Morgan fingerprint density at radius 3 is 2.52 bits per heavy atom. The summed E-state index contributed by atoms with van der Waals surface area (Å²) >= 11 is 11.7. The SMILES string of the molecule is O=C(c1cnoc1C1CC1)c1ccc(OC(F)(F)F)c(Cl)c1Cl. The lowest BCUT2D eigenvalue weighted by Crippen LogP contribution is -2.17. The number of alkyl halides is 3. The number of ketones is 1. The van der Waals surface area contributed by atoms with Gasteiger partial charge in [0.2, 0.25) is 0 Å². The Hall–Kier alpha value is -1.73. The van der Waals surface area contributed by atoms with Gasteiger partial charge in [-0.25, -0.2) is 0 Å². The van der Waals surface area contributed by atoms with Crippen molar-refractivity contribution in [3.63, 3.8) is 0 Å². The van der Waals surface area contributed by atoms with Crippen molar-refractivity contribution in [1.82, 2.24) is 5.16 Å². The second-order valence-electron chi connectivity index (χ2n) is 4.99. The first-order valence-corrected chi connectivity index (χ1v) is 7.26. The van der Waals surface area contributed by atoms with E-state index in [1.54, 1.807) is 0 Å². The van der Waals surface area contributed by atoms with Gasteiger partial charge in [-0.15, -0.1) is 13.2 Å². The van der Waals surface area contributed by atoms with Crippen molar-refractivity contribution in [3.8, 4) is 5.75 Å². The summed E-state index contributed by atoms with van der Waals surface area (Å²) in [4.78, 5) is 12.5. The van der Waals surface area contributed by atoms with Crippen LogP contribution in [0.1, 0.15) is 40.4 Å².